The Hall–Kier alpha value is -1.17. The second-order valence-electron chi connectivity index (χ2n) is 2.65. The molecule has 2 aromatic rings. The molecule has 6 heteroatoms. The summed E-state index contributed by atoms with van der Waals surface area (Å²) in [4.78, 5) is 3.34. The first-order valence-electron chi connectivity index (χ1n) is 3.60. The number of alkyl halides is 3. The Bertz CT molecular complexity index is 474. The number of benzene rings is 1. The van der Waals surface area contributed by atoms with Crippen LogP contribution >= 0.6 is 11.3 Å². The standard InChI is InChI=1S/C8H3F4NS/c9-7-13-5-3-4(8(10,11)12)1-2-6(5)14-7/h1-3H. The van der Waals surface area contributed by atoms with Crippen LogP contribution in [0.15, 0.2) is 18.2 Å². The first kappa shape index (κ1) is 9.39. The van der Waals surface area contributed by atoms with E-state index in [2.05, 4.69) is 4.98 Å². The summed E-state index contributed by atoms with van der Waals surface area (Å²) in [7, 11) is 0. The summed E-state index contributed by atoms with van der Waals surface area (Å²) >= 11 is 0.726. The van der Waals surface area contributed by atoms with Gasteiger partial charge in [0.25, 0.3) is 5.26 Å². The molecule has 1 nitrogen and oxygen atoms in total. The Kier molecular flexibility index (Phi) is 1.95. The summed E-state index contributed by atoms with van der Waals surface area (Å²) < 4.78 is 49.6. The van der Waals surface area contributed by atoms with E-state index < -0.39 is 17.0 Å². The minimum atomic E-state index is -4.41. The molecule has 0 amide bonds. The topological polar surface area (TPSA) is 12.9 Å². The zero-order chi connectivity index (χ0) is 10.3. The highest BCUT2D eigenvalue weighted by Crippen LogP contribution is 2.32. The molecule has 0 radical (unpaired) electrons. The van der Waals surface area contributed by atoms with Gasteiger partial charge in [-0.1, -0.05) is 11.3 Å². The lowest BCUT2D eigenvalue weighted by Gasteiger charge is -2.04. The van der Waals surface area contributed by atoms with E-state index in [0.29, 0.717) is 4.70 Å². The monoisotopic (exact) mass is 221 g/mol. The van der Waals surface area contributed by atoms with Gasteiger partial charge >= 0.3 is 6.18 Å². The van der Waals surface area contributed by atoms with Crippen LogP contribution < -0.4 is 0 Å². The zero-order valence-electron chi connectivity index (χ0n) is 6.60. The molecular formula is C8H3F4NS. The molecule has 1 heterocycles. The molecule has 0 N–H and O–H groups in total. The Morgan fingerprint density at radius 2 is 1.93 bits per heavy atom. The number of halogens is 4. The third kappa shape index (κ3) is 1.57. The fraction of sp³-hybridized carbons (Fsp3) is 0.125. The summed E-state index contributed by atoms with van der Waals surface area (Å²) in [6.45, 7) is 0. The van der Waals surface area contributed by atoms with Crippen LogP contribution in [-0.4, -0.2) is 4.98 Å². The number of hydrogen-bond acceptors (Lipinski definition) is 2. The van der Waals surface area contributed by atoms with Crippen molar-refractivity contribution in [3.05, 3.63) is 29.0 Å². The van der Waals surface area contributed by atoms with E-state index in [1.807, 2.05) is 0 Å². The van der Waals surface area contributed by atoms with E-state index in [-0.39, 0.29) is 5.52 Å². The molecule has 14 heavy (non-hydrogen) atoms. The molecule has 1 aromatic carbocycles. The summed E-state index contributed by atoms with van der Waals surface area (Å²) in [6, 6.07) is 2.98. The van der Waals surface area contributed by atoms with Gasteiger partial charge in [0.1, 0.15) is 0 Å². The Morgan fingerprint density at radius 1 is 1.21 bits per heavy atom. The van der Waals surface area contributed by atoms with Crippen molar-refractivity contribution in [3.63, 3.8) is 0 Å². The third-order valence-electron chi connectivity index (χ3n) is 1.69. The molecule has 0 aliphatic carbocycles. The van der Waals surface area contributed by atoms with E-state index in [1.54, 1.807) is 0 Å². The van der Waals surface area contributed by atoms with Crippen LogP contribution in [0.5, 0.6) is 0 Å². The zero-order valence-corrected chi connectivity index (χ0v) is 7.42. The van der Waals surface area contributed by atoms with Crippen molar-refractivity contribution in [1.82, 2.24) is 4.98 Å². The van der Waals surface area contributed by atoms with E-state index in [9.17, 15) is 17.6 Å². The van der Waals surface area contributed by atoms with Gasteiger partial charge in [-0.2, -0.15) is 17.6 Å². The molecule has 0 saturated heterocycles. The number of nitrogens with zero attached hydrogens (tertiary/aromatic N) is 1. The van der Waals surface area contributed by atoms with Crippen molar-refractivity contribution in [2.45, 2.75) is 6.18 Å². The van der Waals surface area contributed by atoms with Crippen LogP contribution in [0.3, 0.4) is 0 Å². The lowest BCUT2D eigenvalue weighted by Crippen LogP contribution is -2.03. The smallest absolute Gasteiger partial charge is 0.209 e. The SMILES string of the molecule is Fc1nc2cc(C(F)(F)F)ccc2s1. The molecule has 0 aliphatic heterocycles. The van der Waals surface area contributed by atoms with Gasteiger partial charge in [-0.3, -0.25) is 0 Å². The van der Waals surface area contributed by atoms with Crippen LogP contribution in [0, 0.1) is 5.26 Å². The van der Waals surface area contributed by atoms with Crippen molar-refractivity contribution in [1.29, 1.82) is 0 Å². The van der Waals surface area contributed by atoms with Crippen LogP contribution in [0.4, 0.5) is 17.6 Å². The molecule has 0 atom stereocenters. The lowest BCUT2D eigenvalue weighted by atomic mass is 10.2. The van der Waals surface area contributed by atoms with Gasteiger partial charge in [0.15, 0.2) is 0 Å². The number of thiazole rings is 1. The summed E-state index contributed by atoms with van der Waals surface area (Å²) in [6.07, 6.45) is -4.41. The van der Waals surface area contributed by atoms with Gasteiger partial charge in [-0.05, 0) is 18.2 Å². The van der Waals surface area contributed by atoms with Crippen LogP contribution in [0.25, 0.3) is 10.2 Å². The normalized spacial score (nSPS) is 12.3. The second kappa shape index (κ2) is 2.91. The van der Waals surface area contributed by atoms with Crippen molar-refractivity contribution in [3.8, 4) is 0 Å². The van der Waals surface area contributed by atoms with Gasteiger partial charge in [0, 0.05) is 0 Å². The highest BCUT2D eigenvalue weighted by molar-refractivity contribution is 7.17. The van der Waals surface area contributed by atoms with E-state index >= 15 is 0 Å². The average Bonchev–Trinajstić information content (AvgIpc) is 2.41. The molecule has 74 valence electrons. The van der Waals surface area contributed by atoms with Gasteiger partial charge in [-0.15, -0.1) is 0 Å². The lowest BCUT2D eigenvalue weighted by molar-refractivity contribution is -0.137. The summed E-state index contributed by atoms with van der Waals surface area (Å²) in [5.74, 6) is 0. The number of hydrogen-bond donors (Lipinski definition) is 0. The molecule has 0 unspecified atom stereocenters. The Labute approximate surface area is 80.0 Å². The molecular weight excluding hydrogens is 218 g/mol. The average molecular weight is 221 g/mol. The molecule has 0 saturated carbocycles. The van der Waals surface area contributed by atoms with Crippen LogP contribution in [0.2, 0.25) is 0 Å². The first-order chi connectivity index (χ1) is 6.47. The fourth-order valence-corrected chi connectivity index (χ4v) is 1.75. The predicted octanol–water partition coefficient (Wildman–Crippen LogP) is 3.45. The third-order valence-corrected chi connectivity index (χ3v) is 2.51. The van der Waals surface area contributed by atoms with Crippen LogP contribution in [0.1, 0.15) is 5.56 Å². The maximum atomic E-state index is 12.6. The van der Waals surface area contributed by atoms with E-state index in [4.69, 9.17) is 0 Å². The minimum absolute atomic E-state index is 0.0438. The highest BCUT2D eigenvalue weighted by Gasteiger charge is 2.30. The second-order valence-corrected chi connectivity index (χ2v) is 3.63. The highest BCUT2D eigenvalue weighted by atomic mass is 32.1. The van der Waals surface area contributed by atoms with E-state index in [0.717, 1.165) is 23.5 Å². The summed E-state index contributed by atoms with van der Waals surface area (Å²) in [5, 5.41) is -0.723. The van der Waals surface area contributed by atoms with Crippen molar-refractivity contribution < 1.29 is 17.6 Å². The molecule has 0 bridgehead atoms. The molecule has 0 spiro atoms. The fourth-order valence-electron chi connectivity index (χ4n) is 1.08. The van der Waals surface area contributed by atoms with Crippen molar-refractivity contribution in [2.24, 2.45) is 0 Å². The van der Waals surface area contributed by atoms with Gasteiger partial charge < -0.3 is 0 Å². The molecule has 0 fully saturated rings. The first-order valence-corrected chi connectivity index (χ1v) is 4.42. The maximum Gasteiger partial charge on any atom is 0.416 e. The Morgan fingerprint density at radius 3 is 2.57 bits per heavy atom. The molecule has 0 aliphatic rings. The largest absolute Gasteiger partial charge is 0.416 e. The van der Waals surface area contributed by atoms with Gasteiger partial charge in [-0.25, -0.2) is 4.98 Å². The molecule has 1 aromatic heterocycles. The van der Waals surface area contributed by atoms with Crippen LogP contribution in [-0.2, 0) is 6.18 Å². The predicted molar refractivity (Wildman–Crippen MR) is 44.6 cm³/mol. The van der Waals surface area contributed by atoms with E-state index in [1.165, 1.54) is 6.07 Å². The van der Waals surface area contributed by atoms with Gasteiger partial charge in [0.05, 0.1) is 15.8 Å². The number of fused-ring (bicyclic) bond motifs is 1. The number of aromatic nitrogens is 1. The Balaban J connectivity index is 2.62. The van der Waals surface area contributed by atoms with Crippen molar-refractivity contribution >= 4 is 21.6 Å². The molecule has 2 rings (SSSR count). The quantitative estimate of drug-likeness (QED) is 0.621. The maximum absolute atomic E-state index is 12.6. The minimum Gasteiger partial charge on any atom is -0.209 e. The summed E-state index contributed by atoms with van der Waals surface area (Å²) in [5.41, 5.74) is -0.766. The van der Waals surface area contributed by atoms with Crippen molar-refractivity contribution in [2.75, 3.05) is 0 Å². The number of rotatable bonds is 0. The van der Waals surface area contributed by atoms with Gasteiger partial charge in [0.2, 0.25) is 0 Å².